The summed E-state index contributed by atoms with van der Waals surface area (Å²) < 4.78 is 0. The number of carbonyl (C=O) groups excluding carboxylic acids is 2. The number of hydrogen-bond acceptors (Lipinski definition) is 6. The second kappa shape index (κ2) is 16.0. The van der Waals surface area contributed by atoms with Crippen molar-refractivity contribution in [2.24, 2.45) is 5.92 Å². The summed E-state index contributed by atoms with van der Waals surface area (Å²) in [4.78, 5) is 62.1. The summed E-state index contributed by atoms with van der Waals surface area (Å²) in [7, 11) is 1.46. The van der Waals surface area contributed by atoms with Crippen molar-refractivity contribution in [2.75, 3.05) is 26.7 Å². The summed E-state index contributed by atoms with van der Waals surface area (Å²) in [6, 6.07) is 16.3. The monoisotopic (exact) mass is 722 g/mol. The zero-order valence-electron chi connectivity index (χ0n) is 32.0. The maximum Gasteiger partial charge on any atom is 0.407 e. The van der Waals surface area contributed by atoms with E-state index in [0.717, 1.165) is 76.6 Å². The molecule has 3 atom stereocenters. The van der Waals surface area contributed by atoms with Crippen LogP contribution in [0.5, 0.6) is 0 Å². The van der Waals surface area contributed by atoms with Crippen molar-refractivity contribution in [3.05, 3.63) is 72.6 Å². The average Bonchev–Trinajstić information content (AvgIpc) is 3.97. The van der Waals surface area contributed by atoms with Gasteiger partial charge in [0.1, 0.15) is 17.7 Å². The number of carbonyl (C=O) groups is 3. The molecular formula is C41H54N8O4. The first-order chi connectivity index (χ1) is 25.3. The molecule has 0 aliphatic carbocycles. The van der Waals surface area contributed by atoms with E-state index in [1.165, 1.54) is 7.05 Å². The van der Waals surface area contributed by atoms with E-state index >= 15 is 0 Å². The van der Waals surface area contributed by atoms with Crippen LogP contribution in [0.15, 0.2) is 60.9 Å². The maximum atomic E-state index is 13.6. The fourth-order valence-electron chi connectivity index (χ4n) is 8.05. The third kappa shape index (κ3) is 8.02. The van der Waals surface area contributed by atoms with E-state index in [-0.39, 0.29) is 29.8 Å². The molecule has 0 bridgehead atoms. The second-order valence-corrected chi connectivity index (χ2v) is 15.4. The Kier molecular flexibility index (Phi) is 11.4. The van der Waals surface area contributed by atoms with Crippen LogP contribution in [0.2, 0.25) is 0 Å². The Bertz CT molecular complexity index is 1870. The normalized spacial score (nSPS) is 18.2. The molecule has 2 fully saturated rings. The van der Waals surface area contributed by atoms with Crippen molar-refractivity contribution >= 4 is 17.9 Å². The molecule has 0 unspecified atom stereocenters. The minimum Gasteiger partial charge on any atom is -0.465 e. The van der Waals surface area contributed by atoms with Crippen molar-refractivity contribution in [3.8, 4) is 33.6 Å². The van der Waals surface area contributed by atoms with Gasteiger partial charge in [-0.25, -0.2) is 14.8 Å². The molecule has 4 heterocycles. The highest BCUT2D eigenvalue weighted by Crippen LogP contribution is 2.35. The van der Waals surface area contributed by atoms with Gasteiger partial charge < -0.3 is 24.9 Å². The topological polar surface area (TPSA) is 142 Å². The third-order valence-corrected chi connectivity index (χ3v) is 10.9. The number of nitrogens with zero attached hydrogens (tertiary/aromatic N) is 6. The Hall–Kier alpha value is -4.97. The number of carboxylic acid groups (broad SMARTS) is 1. The first kappa shape index (κ1) is 37.8. The van der Waals surface area contributed by atoms with Crippen molar-refractivity contribution in [2.45, 2.75) is 97.4 Å². The molecule has 0 spiro atoms. The Morgan fingerprint density at radius 3 is 1.60 bits per heavy atom. The van der Waals surface area contributed by atoms with Crippen molar-refractivity contribution in [1.29, 1.82) is 0 Å². The number of aromatic nitrogens is 4. The fraction of sp³-hybridized carbons (Fsp3) is 0.488. The Morgan fingerprint density at radius 1 is 0.736 bits per heavy atom. The van der Waals surface area contributed by atoms with Crippen LogP contribution >= 0.6 is 0 Å². The molecule has 3 amide bonds. The highest BCUT2D eigenvalue weighted by Gasteiger charge is 2.39. The number of benzene rings is 2. The number of likely N-dealkylation sites (N-methyl/N-ethyl adjacent to an activating group) is 1. The second-order valence-electron chi connectivity index (χ2n) is 15.4. The lowest BCUT2D eigenvalue weighted by atomic mass is 10.0. The Morgan fingerprint density at radius 2 is 1.17 bits per heavy atom. The number of likely N-dealkylation sites (tertiary alicyclic amines) is 2. The van der Waals surface area contributed by atoms with Gasteiger partial charge in [-0.3, -0.25) is 19.4 Å². The van der Waals surface area contributed by atoms with Crippen LogP contribution in [0.3, 0.4) is 0 Å². The summed E-state index contributed by atoms with van der Waals surface area (Å²) >= 11 is 0. The summed E-state index contributed by atoms with van der Waals surface area (Å²) in [5, 5.41) is 9.58. The largest absolute Gasteiger partial charge is 0.465 e. The molecule has 282 valence electrons. The van der Waals surface area contributed by atoms with Gasteiger partial charge in [0.25, 0.3) is 0 Å². The molecule has 2 saturated heterocycles. The highest BCUT2D eigenvalue weighted by atomic mass is 16.4. The van der Waals surface area contributed by atoms with E-state index in [4.69, 9.17) is 4.98 Å². The Labute approximate surface area is 312 Å². The molecule has 3 N–H and O–H groups in total. The van der Waals surface area contributed by atoms with Gasteiger partial charge in [0.2, 0.25) is 11.8 Å². The molecule has 2 aromatic carbocycles. The first-order valence-corrected chi connectivity index (χ1v) is 19.0. The summed E-state index contributed by atoms with van der Waals surface area (Å²) in [6.07, 6.45) is 6.03. The zero-order valence-corrected chi connectivity index (χ0v) is 32.0. The minimum atomic E-state index is -1.11. The molecule has 6 rings (SSSR count). The first-order valence-electron chi connectivity index (χ1n) is 19.0. The van der Waals surface area contributed by atoms with Gasteiger partial charge in [-0.05, 0) is 81.5 Å². The van der Waals surface area contributed by atoms with Gasteiger partial charge in [-0.1, -0.05) is 62.4 Å². The quantitative estimate of drug-likeness (QED) is 0.140. The molecule has 4 aromatic rings. The molecule has 53 heavy (non-hydrogen) atoms. The Balaban J connectivity index is 1.10. The van der Waals surface area contributed by atoms with E-state index in [2.05, 4.69) is 96.1 Å². The molecule has 12 heteroatoms. The van der Waals surface area contributed by atoms with E-state index < -0.39 is 12.1 Å². The van der Waals surface area contributed by atoms with Crippen molar-refractivity contribution in [1.82, 2.24) is 39.5 Å². The van der Waals surface area contributed by atoms with Crippen LogP contribution in [0.4, 0.5) is 4.79 Å². The highest BCUT2D eigenvalue weighted by molar-refractivity contribution is 5.86. The lowest BCUT2D eigenvalue weighted by Crippen LogP contribution is -2.51. The van der Waals surface area contributed by atoms with Gasteiger partial charge in [-0.2, -0.15) is 0 Å². The zero-order chi connectivity index (χ0) is 38.0. The van der Waals surface area contributed by atoms with Gasteiger partial charge in [0.15, 0.2) is 0 Å². The van der Waals surface area contributed by atoms with E-state index in [1.54, 1.807) is 11.1 Å². The SMILES string of the molecule is CC(C)[C@@H](C(=O)N1CCC[C@H]1c1ncc(-c2ccc(-c3ccc(-c4cnc([C@@H]5CCCN5C(=O)CN(C(C)C)C(C)C)[nH]4)cc3)cc2)[nH]1)N(C)C(=O)O. The number of aromatic amines is 2. The number of imidazole rings is 2. The number of H-pyrrole nitrogens is 2. The van der Waals surface area contributed by atoms with Gasteiger partial charge in [-0.15, -0.1) is 0 Å². The van der Waals surface area contributed by atoms with Crippen molar-refractivity contribution < 1.29 is 19.5 Å². The summed E-state index contributed by atoms with van der Waals surface area (Å²) in [5.41, 5.74) is 5.97. The van der Waals surface area contributed by atoms with Crippen LogP contribution in [0.1, 0.15) is 91.0 Å². The minimum absolute atomic E-state index is 0.0381. The molecule has 2 aliphatic rings. The standard InChI is InChI=1S/C41H54N8O4/c1-25(2)37(46(7)41(52)53)40(51)48-21-9-11-35(48)39-43-23-33(45-39)31-18-14-29(15-19-31)28-12-16-30(17-13-28)32-22-42-38(44-32)34-10-8-20-47(34)36(50)24-49(26(3)4)27(5)6/h12-19,22-23,25-27,34-35,37H,8-11,20-21,24H2,1-7H3,(H,42,44)(H,43,45)(H,52,53)/t34-,35-,37-/m0/s1. The fourth-order valence-corrected chi connectivity index (χ4v) is 8.05. The van der Waals surface area contributed by atoms with Crippen LogP contribution < -0.4 is 0 Å². The van der Waals surface area contributed by atoms with Gasteiger partial charge in [0, 0.05) is 32.2 Å². The predicted octanol–water partition coefficient (Wildman–Crippen LogP) is 7.21. The van der Waals surface area contributed by atoms with Crippen LogP contribution in [0, 0.1) is 5.92 Å². The van der Waals surface area contributed by atoms with E-state index in [9.17, 15) is 19.5 Å². The predicted molar refractivity (Wildman–Crippen MR) is 206 cm³/mol. The number of nitrogens with one attached hydrogen (secondary N) is 2. The van der Waals surface area contributed by atoms with Crippen LogP contribution in [-0.4, -0.2) is 107 Å². The number of rotatable bonds is 12. The maximum absolute atomic E-state index is 13.6. The van der Waals surface area contributed by atoms with Crippen molar-refractivity contribution in [3.63, 3.8) is 0 Å². The van der Waals surface area contributed by atoms with Crippen LogP contribution in [-0.2, 0) is 9.59 Å². The lowest BCUT2D eigenvalue weighted by molar-refractivity contribution is -0.138. The van der Waals surface area contributed by atoms with E-state index in [1.807, 2.05) is 24.9 Å². The molecule has 0 saturated carbocycles. The van der Waals surface area contributed by atoms with Gasteiger partial charge >= 0.3 is 6.09 Å². The molecular weight excluding hydrogens is 669 g/mol. The summed E-state index contributed by atoms with van der Waals surface area (Å²) in [6.45, 7) is 14.0. The molecule has 12 nitrogen and oxygen atoms in total. The average molecular weight is 723 g/mol. The van der Waals surface area contributed by atoms with E-state index in [0.29, 0.717) is 31.0 Å². The molecule has 2 aliphatic heterocycles. The van der Waals surface area contributed by atoms with Crippen LogP contribution in [0.25, 0.3) is 33.6 Å². The number of hydrogen-bond donors (Lipinski definition) is 3. The number of amides is 3. The third-order valence-electron chi connectivity index (χ3n) is 10.9. The molecule has 2 aromatic heterocycles. The summed E-state index contributed by atoms with van der Waals surface area (Å²) in [5.74, 6) is 1.37. The smallest absolute Gasteiger partial charge is 0.407 e. The lowest BCUT2D eigenvalue weighted by Gasteiger charge is -2.33. The molecule has 0 radical (unpaired) electrons. The van der Waals surface area contributed by atoms with Gasteiger partial charge in [0.05, 0.1) is 42.4 Å².